The van der Waals surface area contributed by atoms with Crippen LogP contribution >= 0.6 is 0 Å². The number of rotatable bonds is 8. The molecule has 0 radical (unpaired) electrons. The standard InChI is InChI=1S/C39H52F3N3O4/c1-5-26-21-44(22-33(26)32-15-10-29(39(40,41)42)20-35(32)43-18-16-28(17-19-43)36(46)47)37(48)38(3)24-45(30-11-6-25(2)7-12-30)23-34(38)27-8-13-31(49-4)14-9-27/h8-10,13-15,20,25-26,28,30,33-34H,5-7,11-12,16-19,21-24H2,1-4H3,(H,46,47)/t25-,26-,30+,33-,34-,38+/m0/s1. The third kappa shape index (κ3) is 7.17. The maximum atomic E-state index is 14.9. The number of halogens is 3. The first-order chi connectivity index (χ1) is 23.3. The molecule has 0 unspecified atom stereocenters. The number of alkyl halides is 3. The summed E-state index contributed by atoms with van der Waals surface area (Å²) in [7, 11) is 1.65. The average Bonchev–Trinajstić information content (AvgIpc) is 3.69. The van der Waals surface area contributed by atoms with E-state index in [2.05, 4.69) is 37.8 Å². The minimum Gasteiger partial charge on any atom is -0.497 e. The Morgan fingerprint density at radius 1 is 0.959 bits per heavy atom. The predicted octanol–water partition coefficient (Wildman–Crippen LogP) is 7.65. The molecule has 7 nitrogen and oxygen atoms in total. The number of hydrogen-bond acceptors (Lipinski definition) is 5. The number of carbonyl (C=O) groups excluding carboxylic acids is 1. The van der Waals surface area contributed by atoms with Gasteiger partial charge >= 0.3 is 12.1 Å². The lowest BCUT2D eigenvalue weighted by molar-refractivity contribution is -0.142. The fraction of sp³-hybridized carbons (Fsp3) is 0.641. The van der Waals surface area contributed by atoms with Crippen LogP contribution in [0.2, 0.25) is 0 Å². The van der Waals surface area contributed by atoms with E-state index >= 15 is 0 Å². The summed E-state index contributed by atoms with van der Waals surface area (Å²) in [5, 5.41) is 9.53. The number of carboxylic acids is 1. The highest BCUT2D eigenvalue weighted by Gasteiger charge is 2.53. The Balaban J connectivity index is 1.29. The van der Waals surface area contributed by atoms with Crippen molar-refractivity contribution >= 4 is 17.6 Å². The molecule has 2 aromatic rings. The van der Waals surface area contributed by atoms with Crippen LogP contribution in [0.1, 0.15) is 94.2 Å². The number of carboxylic acid groups (broad SMARTS) is 1. The van der Waals surface area contributed by atoms with Gasteiger partial charge in [-0.2, -0.15) is 13.2 Å². The van der Waals surface area contributed by atoms with Crippen molar-refractivity contribution in [3.63, 3.8) is 0 Å². The predicted molar refractivity (Wildman–Crippen MR) is 184 cm³/mol. The van der Waals surface area contributed by atoms with Gasteiger partial charge in [0.1, 0.15) is 5.75 Å². The number of amides is 1. The van der Waals surface area contributed by atoms with E-state index in [0.717, 1.165) is 48.6 Å². The SMILES string of the molecule is CC[C@H]1CN(C(=O)[C@]2(C)CN([C@H]3CC[C@@H](C)CC3)C[C@H]2c2ccc(OC)cc2)C[C@@H]1c1ccc(C(F)(F)F)cc1N1CCC(C(=O)O)CC1. The van der Waals surface area contributed by atoms with E-state index in [4.69, 9.17) is 4.74 Å². The minimum atomic E-state index is -4.50. The van der Waals surface area contributed by atoms with Crippen LogP contribution in [0.25, 0.3) is 0 Å². The zero-order valence-corrected chi connectivity index (χ0v) is 29.3. The lowest BCUT2D eigenvalue weighted by Crippen LogP contribution is -2.46. The molecule has 1 aliphatic carbocycles. The molecule has 10 heteroatoms. The van der Waals surface area contributed by atoms with Gasteiger partial charge in [-0.3, -0.25) is 14.5 Å². The second-order valence-electron chi connectivity index (χ2n) is 15.4. The van der Waals surface area contributed by atoms with Gasteiger partial charge in [0.25, 0.3) is 0 Å². The van der Waals surface area contributed by atoms with E-state index in [9.17, 15) is 27.9 Å². The molecule has 49 heavy (non-hydrogen) atoms. The highest BCUT2D eigenvalue weighted by atomic mass is 19.4. The van der Waals surface area contributed by atoms with Crippen molar-refractivity contribution in [1.29, 1.82) is 0 Å². The minimum absolute atomic E-state index is 0.00143. The molecule has 4 fully saturated rings. The largest absolute Gasteiger partial charge is 0.497 e. The number of aliphatic carboxylic acids is 1. The first-order valence-corrected chi connectivity index (χ1v) is 18.2. The Hall–Kier alpha value is -3.27. The van der Waals surface area contributed by atoms with E-state index in [1.165, 1.54) is 25.0 Å². The molecule has 0 bridgehead atoms. The summed E-state index contributed by atoms with van der Waals surface area (Å²) in [5.74, 6) is 0.259. The van der Waals surface area contributed by atoms with Crippen molar-refractivity contribution < 1.29 is 32.6 Å². The van der Waals surface area contributed by atoms with Gasteiger partial charge < -0.3 is 19.6 Å². The summed E-state index contributed by atoms with van der Waals surface area (Å²) in [6, 6.07) is 12.6. The molecule has 1 saturated carbocycles. The average molecular weight is 684 g/mol. The molecule has 1 N–H and O–H groups in total. The molecule has 4 atom stereocenters. The first kappa shape index (κ1) is 35.6. The quantitative estimate of drug-likeness (QED) is 0.308. The smallest absolute Gasteiger partial charge is 0.416 e. The van der Waals surface area contributed by atoms with Crippen LogP contribution in [0.5, 0.6) is 5.75 Å². The summed E-state index contributed by atoms with van der Waals surface area (Å²) < 4.78 is 47.4. The topological polar surface area (TPSA) is 73.3 Å². The second kappa shape index (κ2) is 14.2. The zero-order valence-electron chi connectivity index (χ0n) is 29.3. The number of likely N-dealkylation sites (tertiary alicyclic amines) is 2. The molecule has 4 aliphatic rings. The molecule has 1 amide bonds. The molecule has 0 aromatic heterocycles. The highest BCUT2D eigenvalue weighted by molar-refractivity contribution is 5.85. The van der Waals surface area contributed by atoms with Gasteiger partial charge in [0.05, 0.1) is 24.0 Å². The number of methoxy groups -OCH3 is 1. The van der Waals surface area contributed by atoms with Crippen LogP contribution in [0, 0.1) is 23.2 Å². The summed E-state index contributed by atoms with van der Waals surface area (Å²) in [6.07, 6.45) is 1.77. The second-order valence-corrected chi connectivity index (χ2v) is 15.4. The van der Waals surface area contributed by atoms with Crippen LogP contribution in [0.15, 0.2) is 42.5 Å². The van der Waals surface area contributed by atoms with Gasteiger partial charge in [0.2, 0.25) is 5.91 Å². The van der Waals surface area contributed by atoms with Gasteiger partial charge in [-0.05, 0) is 92.7 Å². The van der Waals surface area contributed by atoms with Crippen molar-refractivity contribution in [1.82, 2.24) is 9.80 Å². The molecule has 268 valence electrons. The van der Waals surface area contributed by atoms with E-state index in [-0.39, 0.29) is 23.7 Å². The molecule has 3 heterocycles. The van der Waals surface area contributed by atoms with E-state index in [1.807, 2.05) is 21.9 Å². The Kier molecular flexibility index (Phi) is 10.3. The Bertz CT molecular complexity index is 1480. The van der Waals surface area contributed by atoms with Crippen LogP contribution in [-0.4, -0.2) is 79.2 Å². The number of nitrogens with zero attached hydrogens (tertiary/aromatic N) is 3. The van der Waals surface area contributed by atoms with Crippen molar-refractivity contribution in [2.75, 3.05) is 51.3 Å². The molecule has 2 aromatic carbocycles. The van der Waals surface area contributed by atoms with E-state index in [1.54, 1.807) is 13.2 Å². The maximum absolute atomic E-state index is 14.9. The highest BCUT2D eigenvalue weighted by Crippen LogP contribution is 2.49. The summed E-state index contributed by atoms with van der Waals surface area (Å²) in [5.41, 5.74) is 1.11. The van der Waals surface area contributed by atoms with Crippen LogP contribution in [0.3, 0.4) is 0 Å². The number of piperidine rings is 1. The van der Waals surface area contributed by atoms with Crippen LogP contribution < -0.4 is 9.64 Å². The van der Waals surface area contributed by atoms with Crippen LogP contribution in [-0.2, 0) is 15.8 Å². The number of carbonyl (C=O) groups is 2. The van der Waals surface area contributed by atoms with Crippen molar-refractivity contribution in [3.8, 4) is 5.75 Å². The van der Waals surface area contributed by atoms with Gasteiger partial charge in [0, 0.05) is 62.8 Å². The van der Waals surface area contributed by atoms with E-state index in [0.29, 0.717) is 57.3 Å². The normalized spacial score (nSPS) is 30.1. The van der Waals surface area contributed by atoms with E-state index < -0.39 is 29.0 Å². The first-order valence-electron chi connectivity index (χ1n) is 18.2. The monoisotopic (exact) mass is 683 g/mol. The lowest BCUT2D eigenvalue weighted by atomic mass is 9.75. The zero-order chi connectivity index (χ0) is 35.1. The summed E-state index contributed by atoms with van der Waals surface area (Å²) in [6.45, 7) is 9.82. The Labute approximate surface area is 288 Å². The molecule has 3 aliphatic heterocycles. The summed E-state index contributed by atoms with van der Waals surface area (Å²) in [4.78, 5) is 33.0. The number of hydrogen-bond donors (Lipinski definition) is 1. The number of ether oxygens (including phenoxy) is 1. The van der Waals surface area contributed by atoms with Crippen molar-refractivity contribution in [2.24, 2.45) is 23.2 Å². The van der Waals surface area contributed by atoms with Crippen molar-refractivity contribution in [2.45, 2.75) is 89.8 Å². The van der Waals surface area contributed by atoms with Crippen LogP contribution in [0.4, 0.5) is 18.9 Å². The van der Waals surface area contributed by atoms with Gasteiger partial charge in [0.15, 0.2) is 0 Å². The third-order valence-corrected chi connectivity index (χ3v) is 12.4. The summed E-state index contributed by atoms with van der Waals surface area (Å²) >= 11 is 0. The number of benzene rings is 2. The molecule has 3 saturated heterocycles. The molecular weight excluding hydrogens is 631 g/mol. The van der Waals surface area contributed by atoms with Gasteiger partial charge in [-0.1, -0.05) is 38.5 Å². The van der Waals surface area contributed by atoms with Gasteiger partial charge in [-0.25, -0.2) is 0 Å². The fourth-order valence-electron chi connectivity index (χ4n) is 9.28. The van der Waals surface area contributed by atoms with Gasteiger partial charge in [-0.15, -0.1) is 0 Å². The molecular formula is C39H52F3N3O4. The Morgan fingerprint density at radius 2 is 1.63 bits per heavy atom. The lowest BCUT2D eigenvalue weighted by Gasteiger charge is -2.36. The number of anilines is 1. The fourth-order valence-corrected chi connectivity index (χ4v) is 9.28. The molecule has 0 spiro atoms. The third-order valence-electron chi connectivity index (χ3n) is 12.4. The van der Waals surface area contributed by atoms with Crippen molar-refractivity contribution in [3.05, 3.63) is 59.2 Å². The molecule has 6 rings (SSSR count). The Morgan fingerprint density at radius 3 is 2.22 bits per heavy atom. The maximum Gasteiger partial charge on any atom is 0.416 e.